The molecule has 0 aliphatic carbocycles. The Bertz CT molecular complexity index is 388. The van der Waals surface area contributed by atoms with Gasteiger partial charge in [-0.1, -0.05) is 39.6 Å². The lowest BCUT2D eigenvalue weighted by Gasteiger charge is -2.31. The summed E-state index contributed by atoms with van der Waals surface area (Å²) >= 11 is 0. The number of nitrogens with zero attached hydrogens (tertiary/aromatic N) is 1. The van der Waals surface area contributed by atoms with Crippen molar-refractivity contribution in [3.8, 4) is 0 Å². The van der Waals surface area contributed by atoms with E-state index in [1.165, 1.54) is 24.9 Å². The predicted molar refractivity (Wildman–Crippen MR) is 70.3 cm³/mol. The van der Waals surface area contributed by atoms with Gasteiger partial charge in [0, 0.05) is 6.04 Å². The van der Waals surface area contributed by atoms with Crippen LogP contribution in [-0.2, 0) is 10.00 Å². The van der Waals surface area contributed by atoms with Crippen LogP contribution in [0.15, 0.2) is 30.3 Å². The Morgan fingerprint density at radius 3 is 2.94 bits per heavy atom. The first kappa shape index (κ1) is 10.8. The molecule has 16 heavy (non-hydrogen) atoms. The van der Waals surface area contributed by atoms with E-state index in [1.54, 1.807) is 0 Å². The van der Waals surface area contributed by atoms with Gasteiger partial charge in [0.15, 0.2) is 0 Å². The summed E-state index contributed by atoms with van der Waals surface area (Å²) in [5.74, 6) is 0. The topological polar surface area (TPSA) is 12.5 Å². The maximum Gasteiger partial charge on any atom is 0.380 e. The highest BCUT2D eigenvalue weighted by atomic mass is 31.0. The second kappa shape index (κ2) is 3.84. The molecule has 0 bridgehead atoms. The zero-order valence-electron chi connectivity index (χ0n) is 9.60. The van der Waals surface area contributed by atoms with Crippen LogP contribution in [0.5, 0.6) is 0 Å². The van der Waals surface area contributed by atoms with Crippen LogP contribution in [-0.4, -0.2) is 24.4 Å². The highest BCUT2D eigenvalue weighted by Gasteiger charge is 2.53. The average molecular weight is 233 g/mol. The van der Waals surface area contributed by atoms with Crippen molar-refractivity contribution in [3.05, 3.63) is 35.9 Å². The summed E-state index contributed by atoms with van der Waals surface area (Å²) in [6.45, 7) is 3.34. The zero-order valence-corrected chi connectivity index (χ0v) is 10.8. The van der Waals surface area contributed by atoms with Crippen LogP contribution < -0.4 is 0 Å². The summed E-state index contributed by atoms with van der Waals surface area (Å²) in [5, 5.41) is -0.197. The minimum absolute atomic E-state index is 0.197. The Morgan fingerprint density at radius 1 is 1.44 bits per heavy atom. The van der Waals surface area contributed by atoms with Gasteiger partial charge in [-0.2, -0.15) is 0 Å². The lowest BCUT2D eigenvalue weighted by atomic mass is 9.86. The Kier molecular flexibility index (Phi) is 2.58. The van der Waals surface area contributed by atoms with Crippen molar-refractivity contribution in [2.24, 2.45) is 0 Å². The van der Waals surface area contributed by atoms with E-state index >= 15 is 0 Å². The van der Waals surface area contributed by atoms with Gasteiger partial charge in [0.25, 0.3) is 0 Å². The molecule has 2 heterocycles. The fourth-order valence-corrected chi connectivity index (χ4v) is 3.82. The van der Waals surface area contributed by atoms with E-state index in [0.29, 0.717) is 6.04 Å². The molecule has 0 spiro atoms. The molecule has 84 valence electrons. The number of hydrogen-bond acceptors (Lipinski definition) is 2. The molecule has 0 amide bonds. The standard InChI is InChI=1S/C12H17BNOP/c1-13-14-9-5-8-11(14)12(16,15-13)10-6-3-2-4-7-10/h2-4,6-7,11H,5,8-9,16H2,1H3/t11-,12-/m0/s1. The van der Waals surface area contributed by atoms with Gasteiger partial charge in [-0.05, 0) is 31.8 Å². The van der Waals surface area contributed by atoms with Gasteiger partial charge in [0.05, 0.1) is 0 Å². The van der Waals surface area contributed by atoms with Crippen LogP contribution in [0.3, 0.4) is 0 Å². The Balaban J connectivity index is 1.99. The normalized spacial score (nSPS) is 34.4. The summed E-state index contributed by atoms with van der Waals surface area (Å²) in [6.07, 6.45) is 2.53. The van der Waals surface area contributed by atoms with Crippen LogP contribution in [0.1, 0.15) is 18.4 Å². The molecule has 3 atom stereocenters. The van der Waals surface area contributed by atoms with E-state index in [1.807, 2.05) is 0 Å². The van der Waals surface area contributed by atoms with Crippen LogP contribution in [0.25, 0.3) is 0 Å². The third-order valence-electron chi connectivity index (χ3n) is 3.85. The van der Waals surface area contributed by atoms with Gasteiger partial charge in [0.1, 0.15) is 5.34 Å². The molecular formula is C12H17BNOP. The summed E-state index contributed by atoms with van der Waals surface area (Å²) in [4.78, 5) is 2.49. The third kappa shape index (κ3) is 1.46. The van der Waals surface area contributed by atoms with Crippen molar-refractivity contribution in [1.82, 2.24) is 4.81 Å². The predicted octanol–water partition coefficient (Wildman–Crippen LogP) is 2.33. The van der Waals surface area contributed by atoms with Crippen molar-refractivity contribution in [2.75, 3.05) is 6.54 Å². The summed E-state index contributed by atoms with van der Waals surface area (Å²) in [6, 6.07) is 11.1. The molecule has 1 unspecified atom stereocenters. The molecule has 1 aromatic rings. The SMILES string of the molecule is CB1O[C@](P)(c2ccccc2)[C@@H]2CCCN12. The highest BCUT2D eigenvalue weighted by molar-refractivity contribution is 7.18. The van der Waals surface area contributed by atoms with Crippen molar-refractivity contribution in [1.29, 1.82) is 0 Å². The molecule has 0 saturated carbocycles. The van der Waals surface area contributed by atoms with Gasteiger partial charge in [-0.15, -0.1) is 0 Å². The quantitative estimate of drug-likeness (QED) is 0.545. The molecule has 2 aliphatic rings. The Morgan fingerprint density at radius 2 is 2.19 bits per heavy atom. The van der Waals surface area contributed by atoms with Gasteiger partial charge in [-0.3, -0.25) is 0 Å². The monoisotopic (exact) mass is 233 g/mol. The van der Waals surface area contributed by atoms with Gasteiger partial charge in [0.2, 0.25) is 0 Å². The van der Waals surface area contributed by atoms with E-state index in [2.05, 4.69) is 51.2 Å². The smallest absolute Gasteiger partial charge is 0.380 e. The number of rotatable bonds is 1. The lowest BCUT2D eigenvalue weighted by molar-refractivity contribution is 0.163. The Labute approximate surface area is 99.7 Å². The Hall–Kier alpha value is -0.365. The average Bonchev–Trinajstić information content (AvgIpc) is 2.86. The molecule has 3 rings (SSSR count). The maximum absolute atomic E-state index is 6.19. The molecule has 0 N–H and O–H groups in total. The van der Waals surface area contributed by atoms with Gasteiger partial charge in [-0.25, -0.2) is 0 Å². The molecule has 2 fully saturated rings. The minimum atomic E-state index is -0.197. The summed E-state index contributed by atoms with van der Waals surface area (Å²) < 4.78 is 6.19. The number of fused-ring (bicyclic) bond motifs is 1. The van der Waals surface area contributed by atoms with E-state index in [0.717, 1.165) is 0 Å². The first-order chi connectivity index (χ1) is 7.72. The van der Waals surface area contributed by atoms with Gasteiger partial charge >= 0.3 is 7.05 Å². The molecule has 0 radical (unpaired) electrons. The fourth-order valence-electron chi connectivity index (χ4n) is 3.07. The molecule has 1 aromatic carbocycles. The lowest BCUT2D eigenvalue weighted by Crippen LogP contribution is -2.36. The number of benzene rings is 1. The van der Waals surface area contributed by atoms with Gasteiger partial charge < -0.3 is 9.47 Å². The van der Waals surface area contributed by atoms with E-state index in [4.69, 9.17) is 4.65 Å². The fraction of sp³-hybridized carbons (Fsp3) is 0.500. The zero-order chi connectivity index (χ0) is 11.2. The molecular weight excluding hydrogens is 216 g/mol. The van der Waals surface area contributed by atoms with Crippen molar-refractivity contribution in [3.63, 3.8) is 0 Å². The van der Waals surface area contributed by atoms with Crippen LogP contribution in [0.2, 0.25) is 6.82 Å². The number of hydrogen-bond donors (Lipinski definition) is 0. The first-order valence-corrected chi connectivity index (χ1v) is 6.57. The van der Waals surface area contributed by atoms with E-state index in [9.17, 15) is 0 Å². The highest BCUT2D eigenvalue weighted by Crippen LogP contribution is 2.48. The first-order valence-electron chi connectivity index (χ1n) is 6.00. The molecule has 2 nitrogen and oxygen atoms in total. The summed E-state index contributed by atoms with van der Waals surface area (Å²) in [5.41, 5.74) is 1.28. The van der Waals surface area contributed by atoms with Crippen LogP contribution in [0, 0.1) is 0 Å². The molecule has 2 saturated heterocycles. The largest absolute Gasteiger partial charge is 0.407 e. The van der Waals surface area contributed by atoms with Crippen molar-refractivity contribution < 1.29 is 4.65 Å². The second-order valence-electron chi connectivity index (χ2n) is 4.77. The van der Waals surface area contributed by atoms with E-state index < -0.39 is 0 Å². The molecule has 4 heteroatoms. The van der Waals surface area contributed by atoms with Crippen LogP contribution >= 0.6 is 9.24 Å². The van der Waals surface area contributed by atoms with Crippen LogP contribution in [0.4, 0.5) is 0 Å². The maximum atomic E-state index is 6.19. The molecule has 2 aliphatic heterocycles. The van der Waals surface area contributed by atoms with Crippen molar-refractivity contribution >= 4 is 16.3 Å². The molecule has 0 aromatic heterocycles. The summed E-state index contributed by atoms with van der Waals surface area (Å²) in [7, 11) is 3.19. The third-order valence-corrected chi connectivity index (χ3v) is 4.70. The minimum Gasteiger partial charge on any atom is -0.407 e. The second-order valence-corrected chi connectivity index (χ2v) is 5.63. The van der Waals surface area contributed by atoms with Crippen molar-refractivity contribution in [2.45, 2.75) is 31.0 Å². The van der Waals surface area contributed by atoms with E-state index in [-0.39, 0.29) is 12.4 Å².